The zero-order valence-corrected chi connectivity index (χ0v) is 12.4. The second-order valence-electron chi connectivity index (χ2n) is 5.53. The molecule has 1 aliphatic rings. The molecule has 1 aliphatic heterocycles. The number of carbonyl (C=O) groups is 2. The number of aromatic nitrogens is 3. The minimum atomic E-state index is -1.21. The molecule has 0 bridgehead atoms. The summed E-state index contributed by atoms with van der Waals surface area (Å²) in [4.78, 5) is 25.9. The highest BCUT2D eigenvalue weighted by Gasteiger charge is 2.32. The second-order valence-corrected chi connectivity index (χ2v) is 5.53. The third-order valence-corrected chi connectivity index (χ3v) is 4.04. The number of halogens is 3. The smallest absolute Gasteiger partial charge is 0.276 e. The summed E-state index contributed by atoms with van der Waals surface area (Å²) >= 11 is 0. The quantitative estimate of drug-likeness (QED) is 0.868. The van der Waals surface area contributed by atoms with Crippen LogP contribution in [0, 0.1) is 23.4 Å². The molecule has 2 aromatic rings. The van der Waals surface area contributed by atoms with Crippen molar-refractivity contribution >= 4 is 11.7 Å². The first-order valence-corrected chi connectivity index (χ1v) is 7.31. The Morgan fingerprint density at radius 2 is 1.75 bits per heavy atom. The van der Waals surface area contributed by atoms with E-state index in [2.05, 4.69) is 15.4 Å². The average Bonchev–Trinajstić information content (AvgIpc) is 3.07. The Kier molecular flexibility index (Phi) is 4.32. The summed E-state index contributed by atoms with van der Waals surface area (Å²) in [7, 11) is 0. The van der Waals surface area contributed by atoms with Crippen molar-refractivity contribution in [2.24, 2.45) is 5.92 Å². The van der Waals surface area contributed by atoms with E-state index in [0.29, 0.717) is 12.1 Å². The summed E-state index contributed by atoms with van der Waals surface area (Å²) in [5.74, 6) is -5.15. The van der Waals surface area contributed by atoms with Crippen LogP contribution in [0.3, 0.4) is 0 Å². The van der Waals surface area contributed by atoms with E-state index in [9.17, 15) is 22.8 Å². The van der Waals surface area contributed by atoms with E-state index in [0.717, 1.165) is 0 Å². The summed E-state index contributed by atoms with van der Waals surface area (Å²) in [5, 5.41) is 9.59. The lowest BCUT2D eigenvalue weighted by Crippen LogP contribution is -2.40. The number of likely N-dealkylation sites (tertiary alicyclic amines) is 1. The predicted molar refractivity (Wildman–Crippen MR) is 75.7 cm³/mol. The Balaban J connectivity index is 1.69. The summed E-state index contributed by atoms with van der Waals surface area (Å²) in [6.07, 6.45) is 1.82. The second kappa shape index (κ2) is 6.42. The fourth-order valence-electron chi connectivity index (χ4n) is 2.79. The number of nitrogens with zero attached hydrogens (tertiary/aromatic N) is 3. The molecule has 3 rings (SSSR count). The van der Waals surface area contributed by atoms with Gasteiger partial charge in [0, 0.05) is 31.1 Å². The van der Waals surface area contributed by atoms with Gasteiger partial charge in [0.25, 0.3) is 5.91 Å². The van der Waals surface area contributed by atoms with Crippen LogP contribution in [0.4, 0.5) is 13.2 Å². The third kappa shape index (κ3) is 3.01. The van der Waals surface area contributed by atoms with E-state index in [1.54, 1.807) is 0 Å². The molecule has 0 radical (unpaired) electrons. The van der Waals surface area contributed by atoms with Crippen LogP contribution in [0.5, 0.6) is 0 Å². The molecule has 0 saturated carbocycles. The lowest BCUT2D eigenvalue weighted by atomic mass is 9.88. The van der Waals surface area contributed by atoms with Crippen molar-refractivity contribution in [3.63, 3.8) is 0 Å². The molecular formula is C15H13F3N4O2. The fraction of sp³-hybridized carbons (Fsp3) is 0.333. The maximum Gasteiger partial charge on any atom is 0.276 e. The molecule has 6 nitrogen and oxygen atoms in total. The highest BCUT2D eigenvalue weighted by Crippen LogP contribution is 2.25. The van der Waals surface area contributed by atoms with Gasteiger partial charge in [-0.05, 0) is 12.8 Å². The first-order valence-electron chi connectivity index (χ1n) is 7.31. The molecule has 1 N–H and O–H groups in total. The standard InChI is InChI=1S/C15H13F3N4O2/c16-9-5-10(17)13(11(18)6-9)14(23)8-1-3-22(4-2-8)15(24)12-7-19-21-20-12/h5-8H,1-4H2,(H,19,20,21). The maximum absolute atomic E-state index is 13.7. The van der Waals surface area contributed by atoms with Gasteiger partial charge in [-0.25, -0.2) is 13.2 Å². The number of hydrogen-bond acceptors (Lipinski definition) is 4. The summed E-state index contributed by atoms with van der Waals surface area (Å²) in [6, 6.07) is 0.971. The van der Waals surface area contributed by atoms with Gasteiger partial charge in [0.1, 0.15) is 17.5 Å². The van der Waals surface area contributed by atoms with Gasteiger partial charge in [0.2, 0.25) is 0 Å². The van der Waals surface area contributed by atoms with Crippen LogP contribution < -0.4 is 0 Å². The van der Waals surface area contributed by atoms with Gasteiger partial charge >= 0.3 is 0 Å². The predicted octanol–water partition coefficient (Wildman–Crippen LogP) is 1.96. The van der Waals surface area contributed by atoms with Crippen molar-refractivity contribution in [3.05, 3.63) is 47.0 Å². The Hall–Kier alpha value is -2.71. The Morgan fingerprint density at radius 3 is 2.29 bits per heavy atom. The maximum atomic E-state index is 13.7. The molecule has 9 heteroatoms. The number of ketones is 1. The van der Waals surface area contributed by atoms with Crippen LogP contribution in [-0.4, -0.2) is 45.1 Å². The third-order valence-electron chi connectivity index (χ3n) is 4.04. The number of piperidine rings is 1. The molecule has 2 heterocycles. The highest BCUT2D eigenvalue weighted by atomic mass is 19.1. The van der Waals surface area contributed by atoms with E-state index < -0.39 is 34.7 Å². The van der Waals surface area contributed by atoms with Crippen molar-refractivity contribution < 1.29 is 22.8 Å². The number of hydrogen-bond donors (Lipinski definition) is 1. The molecule has 1 aromatic heterocycles. The summed E-state index contributed by atoms with van der Waals surface area (Å²) in [6.45, 7) is 0.513. The molecule has 24 heavy (non-hydrogen) atoms. The number of carbonyl (C=O) groups excluding carboxylic acids is 2. The molecule has 1 fully saturated rings. The van der Waals surface area contributed by atoms with Crippen LogP contribution in [0.2, 0.25) is 0 Å². The molecule has 126 valence electrons. The average molecular weight is 338 g/mol. The normalized spacial score (nSPS) is 15.5. The topological polar surface area (TPSA) is 79.0 Å². The van der Waals surface area contributed by atoms with Gasteiger partial charge in [0.15, 0.2) is 11.5 Å². The van der Waals surface area contributed by atoms with Gasteiger partial charge in [-0.3, -0.25) is 9.59 Å². The monoisotopic (exact) mass is 338 g/mol. The molecule has 1 aromatic carbocycles. The summed E-state index contributed by atoms with van der Waals surface area (Å²) in [5.41, 5.74) is -0.562. The van der Waals surface area contributed by atoms with Crippen LogP contribution in [-0.2, 0) is 0 Å². The van der Waals surface area contributed by atoms with E-state index >= 15 is 0 Å². The first-order chi connectivity index (χ1) is 11.5. The molecule has 0 aliphatic carbocycles. The molecule has 0 unspecified atom stereocenters. The molecule has 1 saturated heterocycles. The van der Waals surface area contributed by atoms with E-state index in [4.69, 9.17) is 0 Å². The lowest BCUT2D eigenvalue weighted by Gasteiger charge is -2.30. The highest BCUT2D eigenvalue weighted by molar-refractivity contribution is 5.98. The van der Waals surface area contributed by atoms with E-state index in [1.807, 2.05) is 0 Å². The van der Waals surface area contributed by atoms with Crippen LogP contribution in [0.1, 0.15) is 33.7 Å². The summed E-state index contributed by atoms with van der Waals surface area (Å²) < 4.78 is 40.4. The number of Topliss-reactive ketones (excluding diaryl/α,β-unsaturated/α-hetero) is 1. The minimum absolute atomic E-state index is 0.162. The van der Waals surface area contributed by atoms with Crippen LogP contribution in [0.15, 0.2) is 18.3 Å². The number of benzene rings is 1. The number of nitrogens with one attached hydrogen (secondary N) is 1. The Morgan fingerprint density at radius 1 is 1.12 bits per heavy atom. The van der Waals surface area contributed by atoms with Gasteiger partial charge in [-0.2, -0.15) is 15.4 Å². The zero-order chi connectivity index (χ0) is 17.3. The Labute approximate surface area is 134 Å². The van der Waals surface area contributed by atoms with Crippen LogP contribution in [0.25, 0.3) is 0 Å². The largest absolute Gasteiger partial charge is 0.337 e. The van der Waals surface area contributed by atoms with Crippen molar-refractivity contribution in [3.8, 4) is 0 Å². The minimum Gasteiger partial charge on any atom is -0.337 e. The van der Waals surface area contributed by atoms with Crippen molar-refractivity contribution in [1.29, 1.82) is 0 Å². The number of amides is 1. The molecule has 0 spiro atoms. The lowest BCUT2D eigenvalue weighted by molar-refractivity contribution is 0.0643. The van der Waals surface area contributed by atoms with Gasteiger partial charge in [-0.15, -0.1) is 0 Å². The number of aromatic amines is 1. The van der Waals surface area contributed by atoms with Gasteiger partial charge in [-0.1, -0.05) is 0 Å². The zero-order valence-electron chi connectivity index (χ0n) is 12.4. The van der Waals surface area contributed by atoms with Crippen molar-refractivity contribution in [2.75, 3.05) is 13.1 Å². The van der Waals surface area contributed by atoms with E-state index in [1.165, 1.54) is 11.1 Å². The van der Waals surface area contributed by atoms with Crippen molar-refractivity contribution in [2.45, 2.75) is 12.8 Å². The number of H-pyrrole nitrogens is 1. The van der Waals surface area contributed by atoms with Crippen molar-refractivity contribution in [1.82, 2.24) is 20.3 Å². The van der Waals surface area contributed by atoms with E-state index in [-0.39, 0.29) is 37.5 Å². The first kappa shape index (κ1) is 16.2. The van der Waals surface area contributed by atoms with Crippen LogP contribution >= 0.6 is 0 Å². The molecule has 0 atom stereocenters. The van der Waals surface area contributed by atoms with Gasteiger partial charge < -0.3 is 4.90 Å². The molecular weight excluding hydrogens is 325 g/mol. The SMILES string of the molecule is O=C(c1c(F)cc(F)cc1F)C1CCN(C(=O)c2cn[nH]n2)CC1. The number of rotatable bonds is 3. The Bertz CT molecular complexity index is 748. The molecule has 1 amide bonds. The van der Waals surface area contributed by atoms with Gasteiger partial charge in [0.05, 0.1) is 11.8 Å². The fourth-order valence-corrected chi connectivity index (χ4v) is 2.79.